The molecule has 0 radical (unpaired) electrons. The van der Waals surface area contributed by atoms with E-state index in [0.29, 0.717) is 27.7 Å². The van der Waals surface area contributed by atoms with Crippen LogP contribution in [-0.4, -0.2) is 34.5 Å². The minimum atomic E-state index is -0.458. The number of halogens is 1. The van der Waals surface area contributed by atoms with Crippen LogP contribution in [0.4, 0.5) is 10.5 Å². The number of hydrogen-bond donors (Lipinski definition) is 2. The molecule has 2 N–H and O–H groups in total. The number of aryl methyl sites for hydroxylation is 1. The van der Waals surface area contributed by atoms with Gasteiger partial charge in [-0.2, -0.15) is 5.10 Å². The molecular formula is C21H25ClN4O4. The maximum atomic E-state index is 12.6. The van der Waals surface area contributed by atoms with E-state index in [0.717, 1.165) is 43.5 Å². The molecule has 3 heterocycles. The van der Waals surface area contributed by atoms with Crippen LogP contribution in [0.25, 0.3) is 0 Å². The average Bonchev–Trinajstić information content (AvgIpc) is 3.24. The van der Waals surface area contributed by atoms with Crippen molar-refractivity contribution >= 4 is 29.3 Å². The van der Waals surface area contributed by atoms with Crippen LogP contribution in [-0.2, 0) is 30.7 Å². The number of carbonyl (C=O) groups is 2. The lowest BCUT2D eigenvalue weighted by molar-refractivity contribution is 0.0597. The van der Waals surface area contributed by atoms with E-state index in [1.54, 1.807) is 6.07 Å². The number of methoxy groups -OCH3 is 1. The fraction of sp³-hybridized carbons (Fsp3) is 0.476. The third kappa shape index (κ3) is 3.84. The number of rotatable bonds is 4. The Morgan fingerprint density at radius 2 is 2.13 bits per heavy atom. The molecule has 0 bridgehead atoms. The molecular weight excluding hydrogens is 408 g/mol. The second-order valence-corrected chi connectivity index (χ2v) is 8.60. The van der Waals surface area contributed by atoms with E-state index in [9.17, 15) is 9.59 Å². The van der Waals surface area contributed by atoms with Crippen molar-refractivity contribution < 1.29 is 19.1 Å². The van der Waals surface area contributed by atoms with Gasteiger partial charge in [0.25, 0.3) is 0 Å². The van der Waals surface area contributed by atoms with Crippen molar-refractivity contribution in [2.45, 2.75) is 58.2 Å². The summed E-state index contributed by atoms with van der Waals surface area (Å²) < 4.78 is 12.8. The molecule has 0 aliphatic carbocycles. The highest BCUT2D eigenvalue weighted by Gasteiger charge is 2.33. The number of fused-ring (bicyclic) bond motifs is 2. The maximum absolute atomic E-state index is 12.6. The Kier molecular flexibility index (Phi) is 5.36. The normalized spacial score (nSPS) is 16.3. The van der Waals surface area contributed by atoms with Crippen LogP contribution in [0.15, 0.2) is 12.1 Å². The molecule has 2 aliphatic rings. The highest BCUT2D eigenvalue weighted by atomic mass is 35.5. The molecule has 2 amide bonds. The number of nitrogens with zero attached hydrogens (tertiary/aromatic N) is 2. The van der Waals surface area contributed by atoms with Crippen molar-refractivity contribution in [1.29, 1.82) is 0 Å². The van der Waals surface area contributed by atoms with Crippen LogP contribution in [0.5, 0.6) is 5.75 Å². The number of ether oxygens (including phenoxy) is 2. The van der Waals surface area contributed by atoms with E-state index >= 15 is 0 Å². The molecule has 0 saturated carbocycles. The van der Waals surface area contributed by atoms with Crippen molar-refractivity contribution in [3.63, 3.8) is 0 Å². The monoisotopic (exact) mass is 432 g/mol. The minimum Gasteiger partial charge on any atom is -0.485 e. The first-order valence-corrected chi connectivity index (χ1v) is 10.4. The number of carbonyl (C=O) groups excluding carboxylic acids is 2. The molecule has 2 aliphatic heterocycles. The first kappa shape index (κ1) is 20.5. The summed E-state index contributed by atoms with van der Waals surface area (Å²) in [5.41, 5.74) is 2.89. The topological polar surface area (TPSA) is 94.5 Å². The summed E-state index contributed by atoms with van der Waals surface area (Å²) in [5, 5.41) is 10.5. The number of hydrogen-bond acceptors (Lipinski definition) is 5. The van der Waals surface area contributed by atoms with Gasteiger partial charge in [-0.25, -0.2) is 9.59 Å². The Hall–Kier alpha value is -2.74. The van der Waals surface area contributed by atoms with Crippen LogP contribution in [0.3, 0.4) is 0 Å². The van der Waals surface area contributed by atoms with Gasteiger partial charge in [-0.3, -0.25) is 4.68 Å². The Morgan fingerprint density at radius 1 is 1.33 bits per heavy atom. The van der Waals surface area contributed by atoms with Crippen LogP contribution in [0, 0.1) is 0 Å². The lowest BCUT2D eigenvalue weighted by atomic mass is 10.0. The summed E-state index contributed by atoms with van der Waals surface area (Å²) in [4.78, 5) is 24.9. The van der Waals surface area contributed by atoms with E-state index in [2.05, 4.69) is 15.7 Å². The van der Waals surface area contributed by atoms with Crippen molar-refractivity contribution in [2.75, 3.05) is 12.4 Å². The lowest BCUT2D eigenvalue weighted by Gasteiger charge is -2.19. The molecule has 0 spiro atoms. The van der Waals surface area contributed by atoms with Gasteiger partial charge in [0.05, 0.1) is 30.1 Å². The zero-order valence-corrected chi connectivity index (χ0v) is 18.1. The molecule has 2 aromatic rings. The first-order valence-electron chi connectivity index (χ1n) is 10.0. The summed E-state index contributed by atoms with van der Waals surface area (Å²) >= 11 is 6.32. The van der Waals surface area contributed by atoms with Crippen molar-refractivity contribution in [2.24, 2.45) is 0 Å². The van der Waals surface area contributed by atoms with Gasteiger partial charge in [-0.1, -0.05) is 17.7 Å². The number of esters is 1. The highest BCUT2D eigenvalue weighted by Crippen LogP contribution is 2.44. The summed E-state index contributed by atoms with van der Waals surface area (Å²) in [7, 11) is 1.35. The molecule has 0 atom stereocenters. The molecule has 0 unspecified atom stereocenters. The zero-order valence-electron chi connectivity index (χ0n) is 17.3. The molecule has 8 nitrogen and oxygen atoms in total. The summed E-state index contributed by atoms with van der Waals surface area (Å²) in [6, 6.07) is 3.20. The van der Waals surface area contributed by atoms with Gasteiger partial charge < -0.3 is 20.1 Å². The SMILES string of the molecule is COC(=O)c1c(CNC(=O)Nc2c(Cl)ccc3c2OC(C)(C)C3)nn2c1CCCC2. The highest BCUT2D eigenvalue weighted by molar-refractivity contribution is 6.34. The van der Waals surface area contributed by atoms with Gasteiger partial charge in [0.1, 0.15) is 22.6 Å². The average molecular weight is 433 g/mol. The van der Waals surface area contributed by atoms with Gasteiger partial charge in [0.15, 0.2) is 0 Å². The van der Waals surface area contributed by atoms with Crippen LogP contribution in [0.2, 0.25) is 5.02 Å². The van der Waals surface area contributed by atoms with Gasteiger partial charge >= 0.3 is 12.0 Å². The van der Waals surface area contributed by atoms with E-state index in [1.165, 1.54) is 7.11 Å². The zero-order chi connectivity index (χ0) is 21.5. The van der Waals surface area contributed by atoms with Crippen LogP contribution >= 0.6 is 11.6 Å². The van der Waals surface area contributed by atoms with Crippen molar-refractivity contribution in [3.05, 3.63) is 39.7 Å². The fourth-order valence-electron chi connectivity index (χ4n) is 4.07. The van der Waals surface area contributed by atoms with Crippen molar-refractivity contribution in [3.8, 4) is 5.75 Å². The Labute approximate surface area is 179 Å². The molecule has 0 fully saturated rings. The second-order valence-electron chi connectivity index (χ2n) is 8.20. The number of aromatic nitrogens is 2. The van der Waals surface area contributed by atoms with Gasteiger partial charge in [0.2, 0.25) is 0 Å². The second kappa shape index (κ2) is 7.83. The summed E-state index contributed by atoms with van der Waals surface area (Å²) in [5.74, 6) is 0.158. The third-order valence-corrected chi connectivity index (χ3v) is 5.71. The molecule has 4 rings (SSSR count). The van der Waals surface area contributed by atoms with Gasteiger partial charge in [-0.15, -0.1) is 0 Å². The maximum Gasteiger partial charge on any atom is 0.341 e. The van der Waals surface area contributed by atoms with Gasteiger partial charge in [-0.05, 0) is 39.2 Å². The number of anilines is 1. The number of benzene rings is 1. The largest absolute Gasteiger partial charge is 0.485 e. The lowest BCUT2D eigenvalue weighted by Crippen LogP contribution is -2.30. The van der Waals surface area contributed by atoms with E-state index in [-0.39, 0.29) is 12.1 Å². The Balaban J connectivity index is 1.50. The molecule has 1 aromatic carbocycles. The van der Waals surface area contributed by atoms with E-state index in [4.69, 9.17) is 21.1 Å². The fourth-order valence-corrected chi connectivity index (χ4v) is 4.27. The Morgan fingerprint density at radius 3 is 2.90 bits per heavy atom. The molecule has 9 heteroatoms. The quantitative estimate of drug-likeness (QED) is 0.718. The first-order chi connectivity index (χ1) is 14.3. The molecule has 160 valence electrons. The number of urea groups is 1. The van der Waals surface area contributed by atoms with Crippen LogP contribution < -0.4 is 15.4 Å². The predicted octanol–water partition coefficient (Wildman–Crippen LogP) is 3.69. The number of amides is 2. The van der Waals surface area contributed by atoms with E-state index in [1.807, 2.05) is 24.6 Å². The molecule has 1 aromatic heterocycles. The molecule has 30 heavy (non-hydrogen) atoms. The summed E-state index contributed by atoms with van der Waals surface area (Å²) in [6.45, 7) is 4.82. The van der Waals surface area contributed by atoms with Crippen molar-refractivity contribution in [1.82, 2.24) is 15.1 Å². The third-order valence-electron chi connectivity index (χ3n) is 5.39. The van der Waals surface area contributed by atoms with Crippen LogP contribution in [0.1, 0.15) is 54.0 Å². The Bertz CT molecular complexity index is 1010. The minimum absolute atomic E-state index is 0.0925. The predicted molar refractivity (Wildman–Crippen MR) is 112 cm³/mol. The summed E-state index contributed by atoms with van der Waals surface area (Å²) in [6.07, 6.45) is 3.51. The van der Waals surface area contributed by atoms with E-state index < -0.39 is 12.0 Å². The standard InChI is InChI=1S/C21H25ClN4O4/c1-21(2)10-12-7-8-13(22)17(18(12)30-21)24-20(28)23-11-14-16(19(27)29-3)15-6-4-5-9-26(15)25-14/h7-8H,4-6,9-11H2,1-3H3,(H2,23,24,28). The molecule has 0 saturated heterocycles. The number of nitrogens with one attached hydrogen (secondary N) is 2. The van der Waals surface area contributed by atoms with Gasteiger partial charge in [0, 0.05) is 18.5 Å². The smallest absolute Gasteiger partial charge is 0.341 e.